The SMILES string of the molecule is O=C(CC1CCSCC1)c1ccc(Cl)c(F)c1. The van der Waals surface area contributed by atoms with E-state index in [9.17, 15) is 9.18 Å². The number of thioether (sulfide) groups is 1. The number of halogens is 2. The first kappa shape index (κ1) is 12.9. The molecule has 4 heteroatoms. The first-order valence-electron chi connectivity index (χ1n) is 5.73. The molecule has 1 nitrogen and oxygen atoms in total. The Bertz CT molecular complexity index is 416. The molecule has 0 N–H and O–H groups in total. The smallest absolute Gasteiger partial charge is 0.163 e. The number of carbonyl (C=O) groups excluding carboxylic acids is 1. The van der Waals surface area contributed by atoms with Gasteiger partial charge in [0.1, 0.15) is 5.82 Å². The number of benzene rings is 1. The lowest BCUT2D eigenvalue weighted by molar-refractivity contribution is 0.0958. The van der Waals surface area contributed by atoms with Crippen molar-refractivity contribution in [2.45, 2.75) is 19.3 Å². The lowest BCUT2D eigenvalue weighted by Gasteiger charge is -2.20. The Labute approximate surface area is 110 Å². The van der Waals surface area contributed by atoms with E-state index in [4.69, 9.17) is 11.6 Å². The molecule has 2 rings (SSSR count). The van der Waals surface area contributed by atoms with Crippen LogP contribution in [0.15, 0.2) is 18.2 Å². The molecule has 1 aliphatic heterocycles. The Hall–Kier alpha value is -0.540. The van der Waals surface area contributed by atoms with Crippen molar-refractivity contribution in [3.8, 4) is 0 Å². The van der Waals surface area contributed by atoms with Crippen LogP contribution >= 0.6 is 23.4 Å². The number of hydrogen-bond donors (Lipinski definition) is 0. The van der Waals surface area contributed by atoms with Gasteiger partial charge in [0.25, 0.3) is 0 Å². The van der Waals surface area contributed by atoms with Gasteiger partial charge in [0.2, 0.25) is 0 Å². The summed E-state index contributed by atoms with van der Waals surface area (Å²) >= 11 is 7.53. The van der Waals surface area contributed by atoms with Crippen molar-refractivity contribution in [2.24, 2.45) is 5.92 Å². The summed E-state index contributed by atoms with van der Waals surface area (Å²) in [6, 6.07) is 4.29. The molecule has 0 unspecified atom stereocenters. The van der Waals surface area contributed by atoms with Crippen molar-refractivity contribution >= 4 is 29.1 Å². The second-order valence-corrected chi connectivity index (χ2v) is 5.94. The van der Waals surface area contributed by atoms with Crippen molar-refractivity contribution in [3.05, 3.63) is 34.6 Å². The molecule has 1 heterocycles. The zero-order valence-electron chi connectivity index (χ0n) is 9.42. The average molecular weight is 273 g/mol. The van der Waals surface area contributed by atoms with E-state index in [2.05, 4.69) is 0 Å². The molecule has 0 radical (unpaired) electrons. The molecule has 0 atom stereocenters. The molecule has 17 heavy (non-hydrogen) atoms. The van der Waals surface area contributed by atoms with Crippen LogP contribution in [0.25, 0.3) is 0 Å². The van der Waals surface area contributed by atoms with E-state index in [0.29, 0.717) is 17.9 Å². The first-order chi connectivity index (χ1) is 8.16. The lowest BCUT2D eigenvalue weighted by Crippen LogP contribution is -2.14. The normalized spacial score (nSPS) is 17.1. The molecule has 92 valence electrons. The van der Waals surface area contributed by atoms with E-state index in [0.717, 1.165) is 24.3 Å². The van der Waals surface area contributed by atoms with E-state index in [-0.39, 0.29) is 10.8 Å². The third kappa shape index (κ3) is 3.46. The molecule has 0 amide bonds. The van der Waals surface area contributed by atoms with E-state index >= 15 is 0 Å². The summed E-state index contributed by atoms with van der Waals surface area (Å²) in [4.78, 5) is 12.0. The predicted molar refractivity (Wildman–Crippen MR) is 70.4 cm³/mol. The number of carbonyl (C=O) groups is 1. The highest BCUT2D eigenvalue weighted by Crippen LogP contribution is 2.27. The Morgan fingerprint density at radius 1 is 1.41 bits per heavy atom. The molecular weight excluding hydrogens is 259 g/mol. The molecule has 0 spiro atoms. The van der Waals surface area contributed by atoms with Gasteiger partial charge >= 0.3 is 0 Å². The minimum absolute atomic E-state index is 0.0254. The summed E-state index contributed by atoms with van der Waals surface area (Å²) in [6.07, 6.45) is 2.71. The largest absolute Gasteiger partial charge is 0.294 e. The molecule has 0 aliphatic carbocycles. The molecule has 0 bridgehead atoms. The van der Waals surface area contributed by atoms with Gasteiger partial charge < -0.3 is 0 Å². The van der Waals surface area contributed by atoms with E-state index in [1.807, 2.05) is 11.8 Å². The fraction of sp³-hybridized carbons (Fsp3) is 0.462. The Morgan fingerprint density at radius 3 is 2.76 bits per heavy atom. The molecule has 1 aromatic rings. The predicted octanol–water partition coefficient (Wildman–Crippen LogP) is 4.20. The number of Topliss-reactive ketones (excluding diaryl/α,β-unsaturated/α-hetero) is 1. The highest BCUT2D eigenvalue weighted by molar-refractivity contribution is 7.99. The second kappa shape index (κ2) is 5.87. The van der Waals surface area contributed by atoms with E-state index in [1.165, 1.54) is 12.1 Å². The summed E-state index contributed by atoms with van der Waals surface area (Å²) in [5.74, 6) is 2.23. The molecule has 0 aromatic heterocycles. The minimum Gasteiger partial charge on any atom is -0.294 e. The third-order valence-corrected chi connectivity index (χ3v) is 4.41. The van der Waals surface area contributed by atoms with Gasteiger partial charge in [0.05, 0.1) is 5.02 Å². The Morgan fingerprint density at radius 2 is 2.12 bits per heavy atom. The lowest BCUT2D eigenvalue weighted by atomic mass is 9.93. The van der Waals surface area contributed by atoms with Gasteiger partial charge in [0.15, 0.2) is 5.78 Å². The molecule has 1 fully saturated rings. The topological polar surface area (TPSA) is 17.1 Å². The molecule has 1 saturated heterocycles. The maximum atomic E-state index is 13.2. The van der Waals surface area contributed by atoms with E-state index < -0.39 is 5.82 Å². The monoisotopic (exact) mass is 272 g/mol. The van der Waals surface area contributed by atoms with Crippen molar-refractivity contribution in [1.29, 1.82) is 0 Å². The maximum absolute atomic E-state index is 13.2. The van der Waals surface area contributed by atoms with Crippen molar-refractivity contribution in [2.75, 3.05) is 11.5 Å². The fourth-order valence-electron chi connectivity index (χ4n) is 2.00. The van der Waals surface area contributed by atoms with Gasteiger partial charge in [0, 0.05) is 12.0 Å². The second-order valence-electron chi connectivity index (χ2n) is 4.31. The number of hydrogen-bond acceptors (Lipinski definition) is 2. The van der Waals surface area contributed by atoms with Gasteiger partial charge in [-0.15, -0.1) is 0 Å². The minimum atomic E-state index is -0.517. The molecule has 1 aliphatic rings. The van der Waals surface area contributed by atoms with Gasteiger partial charge in [-0.3, -0.25) is 4.79 Å². The highest BCUT2D eigenvalue weighted by atomic mass is 35.5. The quantitative estimate of drug-likeness (QED) is 0.768. The summed E-state index contributed by atoms with van der Waals surface area (Å²) in [7, 11) is 0. The molecule has 0 saturated carbocycles. The number of ketones is 1. The number of rotatable bonds is 3. The van der Waals surface area contributed by atoms with Crippen LogP contribution in [0.2, 0.25) is 5.02 Å². The van der Waals surface area contributed by atoms with Crippen LogP contribution in [0.5, 0.6) is 0 Å². The van der Waals surface area contributed by atoms with Crippen LogP contribution < -0.4 is 0 Å². The summed E-state index contributed by atoms with van der Waals surface area (Å²) in [6.45, 7) is 0. The van der Waals surface area contributed by atoms with Crippen molar-refractivity contribution < 1.29 is 9.18 Å². The Balaban J connectivity index is 2.01. The maximum Gasteiger partial charge on any atom is 0.163 e. The zero-order chi connectivity index (χ0) is 12.3. The molecule has 1 aromatic carbocycles. The van der Waals surface area contributed by atoms with Crippen LogP contribution in [0, 0.1) is 11.7 Å². The van der Waals surface area contributed by atoms with Crippen LogP contribution in [0.4, 0.5) is 4.39 Å². The standard InChI is InChI=1S/C13H14ClFOS/c14-11-2-1-10(8-12(11)15)13(16)7-9-3-5-17-6-4-9/h1-2,8-9H,3-7H2. The van der Waals surface area contributed by atoms with Gasteiger partial charge in [-0.1, -0.05) is 11.6 Å². The summed E-state index contributed by atoms with van der Waals surface area (Å²) in [5.41, 5.74) is 0.435. The molecular formula is C13H14ClFOS. The van der Waals surface area contributed by atoms with Gasteiger partial charge in [-0.2, -0.15) is 11.8 Å². The average Bonchev–Trinajstić information content (AvgIpc) is 2.34. The van der Waals surface area contributed by atoms with Gasteiger partial charge in [-0.05, 0) is 48.5 Å². The van der Waals surface area contributed by atoms with Crippen molar-refractivity contribution in [3.63, 3.8) is 0 Å². The first-order valence-corrected chi connectivity index (χ1v) is 7.26. The third-order valence-electron chi connectivity index (χ3n) is 3.06. The van der Waals surface area contributed by atoms with Crippen LogP contribution in [0.3, 0.4) is 0 Å². The summed E-state index contributed by atoms with van der Waals surface area (Å²) < 4.78 is 13.2. The zero-order valence-corrected chi connectivity index (χ0v) is 11.0. The Kier molecular flexibility index (Phi) is 4.46. The van der Waals surface area contributed by atoms with Crippen LogP contribution in [0.1, 0.15) is 29.6 Å². The fourth-order valence-corrected chi connectivity index (χ4v) is 3.32. The van der Waals surface area contributed by atoms with Crippen LogP contribution in [-0.2, 0) is 0 Å². The highest BCUT2D eigenvalue weighted by Gasteiger charge is 2.18. The van der Waals surface area contributed by atoms with Crippen LogP contribution in [-0.4, -0.2) is 17.3 Å². The van der Waals surface area contributed by atoms with E-state index in [1.54, 1.807) is 6.07 Å². The van der Waals surface area contributed by atoms with Gasteiger partial charge in [-0.25, -0.2) is 4.39 Å². The van der Waals surface area contributed by atoms with Crippen molar-refractivity contribution in [1.82, 2.24) is 0 Å². The summed E-state index contributed by atoms with van der Waals surface area (Å²) in [5, 5.41) is 0.0654.